The molecule has 0 aliphatic heterocycles. The van der Waals surface area contributed by atoms with Crippen LogP contribution in [0.3, 0.4) is 0 Å². The Kier molecular flexibility index (Phi) is 5.16. The van der Waals surface area contributed by atoms with Crippen molar-refractivity contribution in [2.45, 2.75) is 11.8 Å². The lowest BCUT2D eigenvalue weighted by Gasteiger charge is -2.11. The number of carbonyl (C=O) groups is 1. The fraction of sp³-hybridized carbons (Fsp3) is 0.188. The molecule has 0 aromatic heterocycles. The van der Waals surface area contributed by atoms with Crippen molar-refractivity contribution in [1.29, 1.82) is 0 Å². The summed E-state index contributed by atoms with van der Waals surface area (Å²) < 4.78 is 35.0. The number of hydrogen-bond acceptors (Lipinski definition) is 5. The molecule has 0 fully saturated rings. The highest BCUT2D eigenvalue weighted by molar-refractivity contribution is 7.91. The van der Waals surface area contributed by atoms with Crippen LogP contribution >= 0.6 is 0 Å². The van der Waals surface area contributed by atoms with Gasteiger partial charge in [-0.25, -0.2) is 13.2 Å². The molecular formula is C16H16O5S. The van der Waals surface area contributed by atoms with Gasteiger partial charge < -0.3 is 9.47 Å². The number of para-hydroxylation sites is 1. The molecule has 0 spiro atoms. The average Bonchev–Trinajstić information content (AvgIpc) is 2.54. The molecule has 0 bridgehead atoms. The first-order valence-corrected chi connectivity index (χ1v) is 8.36. The van der Waals surface area contributed by atoms with Crippen LogP contribution < -0.4 is 4.74 Å². The number of ether oxygens (including phenoxy) is 2. The molecule has 0 aliphatic carbocycles. The fourth-order valence-corrected chi connectivity index (χ4v) is 3.03. The zero-order chi connectivity index (χ0) is 16.0. The van der Waals surface area contributed by atoms with E-state index >= 15 is 0 Å². The van der Waals surface area contributed by atoms with E-state index < -0.39 is 21.7 Å². The van der Waals surface area contributed by atoms with Gasteiger partial charge in [0.25, 0.3) is 0 Å². The van der Waals surface area contributed by atoms with E-state index in [1.54, 1.807) is 49.4 Å². The normalized spacial score (nSPS) is 11.0. The van der Waals surface area contributed by atoms with Gasteiger partial charge >= 0.3 is 5.97 Å². The summed E-state index contributed by atoms with van der Waals surface area (Å²) in [6.07, 6.45) is 0. The second-order valence-electron chi connectivity index (χ2n) is 4.41. The molecule has 116 valence electrons. The van der Waals surface area contributed by atoms with E-state index in [0.717, 1.165) is 0 Å². The molecular weight excluding hydrogens is 304 g/mol. The molecule has 0 heterocycles. The Hall–Kier alpha value is -2.34. The van der Waals surface area contributed by atoms with Gasteiger partial charge in [0, 0.05) is 0 Å². The van der Waals surface area contributed by atoms with Gasteiger partial charge in [0.15, 0.2) is 5.94 Å². The molecule has 0 unspecified atom stereocenters. The fourth-order valence-electron chi connectivity index (χ4n) is 1.84. The Labute approximate surface area is 129 Å². The van der Waals surface area contributed by atoms with Crippen LogP contribution in [0, 0.1) is 0 Å². The SMILES string of the molecule is CCOC(=O)c1ccccc1S(=O)(=O)COc1ccccc1. The first-order valence-electron chi connectivity index (χ1n) is 6.71. The highest BCUT2D eigenvalue weighted by atomic mass is 32.2. The van der Waals surface area contributed by atoms with Crippen LogP contribution in [0.25, 0.3) is 0 Å². The second kappa shape index (κ2) is 7.09. The maximum absolute atomic E-state index is 12.4. The molecule has 5 nitrogen and oxygen atoms in total. The summed E-state index contributed by atoms with van der Waals surface area (Å²) in [5.41, 5.74) is 0.0148. The van der Waals surface area contributed by atoms with Gasteiger partial charge in [0.05, 0.1) is 17.1 Å². The number of esters is 1. The van der Waals surface area contributed by atoms with E-state index in [1.165, 1.54) is 12.1 Å². The van der Waals surface area contributed by atoms with Crippen molar-refractivity contribution in [2.75, 3.05) is 12.5 Å². The molecule has 6 heteroatoms. The summed E-state index contributed by atoms with van der Waals surface area (Å²) in [5, 5.41) is 0. The maximum Gasteiger partial charge on any atom is 0.339 e. The van der Waals surface area contributed by atoms with Gasteiger partial charge in [0.1, 0.15) is 5.75 Å². The topological polar surface area (TPSA) is 69.7 Å². The Balaban J connectivity index is 2.24. The predicted octanol–water partition coefficient (Wildman–Crippen LogP) is 2.67. The van der Waals surface area contributed by atoms with Crippen molar-refractivity contribution in [3.8, 4) is 5.75 Å². The number of rotatable bonds is 6. The van der Waals surface area contributed by atoms with Crippen molar-refractivity contribution in [2.24, 2.45) is 0 Å². The lowest BCUT2D eigenvalue weighted by atomic mass is 10.2. The summed E-state index contributed by atoms with van der Waals surface area (Å²) >= 11 is 0. The van der Waals surface area contributed by atoms with Crippen LogP contribution in [-0.2, 0) is 14.6 Å². The van der Waals surface area contributed by atoms with E-state index in [9.17, 15) is 13.2 Å². The Morgan fingerprint density at radius 3 is 2.32 bits per heavy atom. The van der Waals surface area contributed by atoms with E-state index in [0.29, 0.717) is 5.75 Å². The molecule has 2 aromatic carbocycles. The molecule has 0 N–H and O–H groups in total. The third-order valence-electron chi connectivity index (χ3n) is 2.84. The lowest BCUT2D eigenvalue weighted by Crippen LogP contribution is -2.17. The first kappa shape index (κ1) is 16.0. The molecule has 0 radical (unpaired) electrons. The molecule has 0 saturated heterocycles. The molecule has 0 saturated carbocycles. The summed E-state index contributed by atoms with van der Waals surface area (Å²) in [4.78, 5) is 11.8. The number of carbonyl (C=O) groups excluding carboxylic acids is 1. The first-order chi connectivity index (χ1) is 10.5. The zero-order valence-electron chi connectivity index (χ0n) is 12.1. The van der Waals surface area contributed by atoms with Crippen LogP contribution in [-0.4, -0.2) is 26.9 Å². The van der Waals surface area contributed by atoms with Crippen LogP contribution in [0.5, 0.6) is 5.75 Å². The Bertz CT molecular complexity index is 738. The van der Waals surface area contributed by atoms with Gasteiger partial charge in [-0.3, -0.25) is 0 Å². The second-order valence-corrected chi connectivity index (χ2v) is 6.31. The minimum Gasteiger partial charge on any atom is -0.477 e. The van der Waals surface area contributed by atoms with Crippen molar-refractivity contribution < 1.29 is 22.7 Å². The van der Waals surface area contributed by atoms with Crippen molar-refractivity contribution in [3.63, 3.8) is 0 Å². The molecule has 22 heavy (non-hydrogen) atoms. The predicted molar refractivity (Wildman–Crippen MR) is 81.5 cm³/mol. The standard InChI is InChI=1S/C16H16O5S/c1-2-20-16(17)14-10-6-7-11-15(14)22(18,19)12-21-13-8-4-3-5-9-13/h3-11H,2,12H2,1H3. The van der Waals surface area contributed by atoms with E-state index in [4.69, 9.17) is 9.47 Å². The summed E-state index contributed by atoms with van der Waals surface area (Å²) in [6, 6.07) is 14.5. The van der Waals surface area contributed by atoms with Gasteiger partial charge in [-0.15, -0.1) is 0 Å². The lowest BCUT2D eigenvalue weighted by molar-refractivity contribution is 0.0522. The van der Waals surface area contributed by atoms with Gasteiger partial charge in [-0.05, 0) is 31.2 Å². The number of sulfone groups is 1. The van der Waals surface area contributed by atoms with Crippen molar-refractivity contribution >= 4 is 15.8 Å². The Morgan fingerprint density at radius 1 is 1.00 bits per heavy atom. The van der Waals surface area contributed by atoms with Gasteiger partial charge in [-0.2, -0.15) is 0 Å². The minimum absolute atomic E-state index is 0.0148. The van der Waals surface area contributed by atoms with Gasteiger partial charge in [0.2, 0.25) is 9.84 Å². The number of hydrogen-bond donors (Lipinski definition) is 0. The molecule has 2 aromatic rings. The molecule has 0 atom stereocenters. The largest absolute Gasteiger partial charge is 0.477 e. The molecule has 0 aliphatic rings. The quantitative estimate of drug-likeness (QED) is 0.765. The smallest absolute Gasteiger partial charge is 0.339 e. The van der Waals surface area contributed by atoms with Crippen LogP contribution in [0.4, 0.5) is 0 Å². The van der Waals surface area contributed by atoms with Crippen molar-refractivity contribution in [1.82, 2.24) is 0 Å². The summed E-state index contributed by atoms with van der Waals surface area (Å²) in [7, 11) is -3.78. The van der Waals surface area contributed by atoms with Crippen LogP contribution in [0.1, 0.15) is 17.3 Å². The van der Waals surface area contributed by atoms with Crippen LogP contribution in [0.15, 0.2) is 59.5 Å². The van der Waals surface area contributed by atoms with E-state index in [1.807, 2.05) is 0 Å². The van der Waals surface area contributed by atoms with Gasteiger partial charge in [-0.1, -0.05) is 30.3 Å². The minimum atomic E-state index is -3.78. The molecule has 2 rings (SSSR count). The highest BCUT2D eigenvalue weighted by Crippen LogP contribution is 2.19. The molecule has 0 amide bonds. The third-order valence-corrected chi connectivity index (χ3v) is 4.30. The zero-order valence-corrected chi connectivity index (χ0v) is 12.9. The summed E-state index contributed by atoms with van der Waals surface area (Å²) in [5.74, 6) is -0.769. The Morgan fingerprint density at radius 2 is 1.64 bits per heavy atom. The van der Waals surface area contributed by atoms with Crippen LogP contribution in [0.2, 0.25) is 0 Å². The highest BCUT2D eigenvalue weighted by Gasteiger charge is 2.23. The summed E-state index contributed by atoms with van der Waals surface area (Å²) in [6.45, 7) is 1.83. The van der Waals surface area contributed by atoms with Crippen molar-refractivity contribution in [3.05, 3.63) is 60.2 Å². The van der Waals surface area contributed by atoms with E-state index in [-0.39, 0.29) is 17.1 Å². The maximum atomic E-state index is 12.4. The number of benzene rings is 2. The third kappa shape index (κ3) is 3.85. The average molecular weight is 320 g/mol. The monoisotopic (exact) mass is 320 g/mol. The van der Waals surface area contributed by atoms with E-state index in [2.05, 4.69) is 0 Å².